The van der Waals surface area contributed by atoms with Gasteiger partial charge in [-0.15, -0.1) is 11.3 Å². The molecule has 0 aliphatic heterocycles. The first-order valence-corrected chi connectivity index (χ1v) is 8.27. The van der Waals surface area contributed by atoms with E-state index in [-0.39, 0.29) is 24.9 Å². The number of nitrogens with one attached hydrogen (secondary N) is 1. The molecule has 2 rings (SSSR count). The summed E-state index contributed by atoms with van der Waals surface area (Å²) in [5.74, 6) is -0.619. The van der Waals surface area contributed by atoms with Crippen molar-refractivity contribution in [2.45, 2.75) is 32.6 Å². The van der Waals surface area contributed by atoms with Gasteiger partial charge in [0.25, 0.3) is 5.91 Å². The molecule has 1 aromatic heterocycles. The van der Waals surface area contributed by atoms with Crippen molar-refractivity contribution >= 4 is 33.4 Å². The van der Waals surface area contributed by atoms with Crippen LogP contribution in [0.4, 0.5) is 0 Å². The van der Waals surface area contributed by atoms with Crippen molar-refractivity contribution in [3.05, 3.63) is 29.3 Å². The Morgan fingerprint density at radius 3 is 2.91 bits per heavy atom. The summed E-state index contributed by atoms with van der Waals surface area (Å²) in [5, 5.41) is 3.61. The molecule has 0 bridgehead atoms. The van der Waals surface area contributed by atoms with E-state index in [1.165, 1.54) is 0 Å². The Labute approximate surface area is 133 Å². The summed E-state index contributed by atoms with van der Waals surface area (Å²) in [4.78, 5) is 27.5. The molecule has 0 aliphatic carbocycles. The van der Waals surface area contributed by atoms with E-state index in [0.717, 1.165) is 28.1 Å². The average molecular weight is 320 g/mol. The third-order valence-electron chi connectivity index (χ3n) is 3.10. The second-order valence-electron chi connectivity index (χ2n) is 4.94. The predicted molar refractivity (Wildman–Crippen MR) is 86.8 cm³/mol. The Kier molecular flexibility index (Phi) is 6.33. The molecule has 0 unspecified atom stereocenters. The standard InChI is InChI=1S/C16H20N2O3S/c1-2-3-10-17-14(19)11-21-16(20)9-8-15-18-12-6-4-5-7-13(12)22-15/h4-7H,2-3,8-11H2,1H3,(H,17,19). The number of carbonyl (C=O) groups excluding carboxylic acids is 2. The van der Waals surface area contributed by atoms with Crippen LogP contribution in [0.5, 0.6) is 0 Å². The van der Waals surface area contributed by atoms with Crippen molar-refractivity contribution in [3.63, 3.8) is 0 Å². The fourth-order valence-corrected chi connectivity index (χ4v) is 2.88. The minimum atomic E-state index is -0.370. The van der Waals surface area contributed by atoms with Gasteiger partial charge in [-0.1, -0.05) is 25.5 Å². The molecule has 0 aliphatic rings. The highest BCUT2D eigenvalue weighted by molar-refractivity contribution is 7.18. The summed E-state index contributed by atoms with van der Waals surface area (Å²) >= 11 is 1.58. The smallest absolute Gasteiger partial charge is 0.306 e. The molecule has 1 aromatic carbocycles. The van der Waals surface area contributed by atoms with Crippen molar-refractivity contribution in [2.24, 2.45) is 0 Å². The van der Waals surface area contributed by atoms with Crippen LogP contribution in [0, 0.1) is 0 Å². The number of hydrogen-bond donors (Lipinski definition) is 1. The van der Waals surface area contributed by atoms with Crippen LogP contribution >= 0.6 is 11.3 Å². The number of ether oxygens (including phenoxy) is 1. The van der Waals surface area contributed by atoms with Gasteiger partial charge in [-0.3, -0.25) is 9.59 Å². The van der Waals surface area contributed by atoms with E-state index in [1.807, 2.05) is 31.2 Å². The van der Waals surface area contributed by atoms with Gasteiger partial charge in [-0.2, -0.15) is 0 Å². The highest BCUT2D eigenvalue weighted by Gasteiger charge is 2.09. The Morgan fingerprint density at radius 2 is 2.14 bits per heavy atom. The maximum Gasteiger partial charge on any atom is 0.306 e. The SMILES string of the molecule is CCCCNC(=O)COC(=O)CCc1nc2ccccc2s1. The maximum absolute atomic E-state index is 11.6. The number of thiazole rings is 1. The van der Waals surface area contributed by atoms with E-state index in [1.54, 1.807) is 11.3 Å². The van der Waals surface area contributed by atoms with Crippen molar-refractivity contribution in [1.82, 2.24) is 10.3 Å². The van der Waals surface area contributed by atoms with Crippen LogP contribution in [0.2, 0.25) is 0 Å². The highest BCUT2D eigenvalue weighted by Crippen LogP contribution is 2.22. The summed E-state index contributed by atoms with van der Waals surface area (Å²) in [6.07, 6.45) is 2.72. The van der Waals surface area contributed by atoms with E-state index in [2.05, 4.69) is 10.3 Å². The third kappa shape index (κ3) is 5.11. The lowest BCUT2D eigenvalue weighted by Gasteiger charge is -2.05. The Balaban J connectivity index is 1.70. The largest absolute Gasteiger partial charge is 0.456 e. The lowest BCUT2D eigenvalue weighted by molar-refractivity contribution is -0.148. The number of carbonyl (C=O) groups is 2. The quantitative estimate of drug-likeness (QED) is 0.600. The van der Waals surface area contributed by atoms with Crippen LogP contribution in [-0.4, -0.2) is 30.0 Å². The number of rotatable bonds is 8. The van der Waals surface area contributed by atoms with E-state index in [9.17, 15) is 9.59 Å². The first kappa shape index (κ1) is 16.4. The zero-order valence-corrected chi connectivity index (χ0v) is 13.4. The zero-order chi connectivity index (χ0) is 15.8. The molecule has 0 fully saturated rings. The molecule has 1 heterocycles. The Hall–Kier alpha value is -1.95. The number of para-hydroxylation sites is 1. The topological polar surface area (TPSA) is 68.3 Å². The number of amides is 1. The number of unbranched alkanes of at least 4 members (excludes halogenated alkanes) is 1. The summed E-state index contributed by atoms with van der Waals surface area (Å²) in [5.41, 5.74) is 0.950. The van der Waals surface area contributed by atoms with Crippen LogP contribution in [0.3, 0.4) is 0 Å². The molecule has 1 amide bonds. The molecule has 2 aromatic rings. The summed E-state index contributed by atoms with van der Waals surface area (Å²) in [7, 11) is 0. The number of fused-ring (bicyclic) bond motifs is 1. The number of benzene rings is 1. The highest BCUT2D eigenvalue weighted by atomic mass is 32.1. The normalized spacial score (nSPS) is 10.6. The van der Waals surface area contributed by atoms with Gasteiger partial charge in [-0.05, 0) is 18.6 Å². The molecular weight excluding hydrogens is 300 g/mol. The second-order valence-corrected chi connectivity index (χ2v) is 6.05. The second kappa shape index (κ2) is 8.48. The van der Waals surface area contributed by atoms with Gasteiger partial charge >= 0.3 is 5.97 Å². The molecule has 0 saturated carbocycles. The Morgan fingerprint density at radius 1 is 1.32 bits per heavy atom. The third-order valence-corrected chi connectivity index (χ3v) is 4.19. The molecular formula is C16H20N2O3S. The van der Waals surface area contributed by atoms with Gasteiger partial charge in [0.1, 0.15) is 0 Å². The van der Waals surface area contributed by atoms with Crippen molar-refractivity contribution in [1.29, 1.82) is 0 Å². The zero-order valence-electron chi connectivity index (χ0n) is 12.6. The Bertz CT molecular complexity index is 606. The summed E-state index contributed by atoms with van der Waals surface area (Å²) in [6, 6.07) is 7.87. The first-order chi connectivity index (χ1) is 10.7. The van der Waals surface area contributed by atoms with Gasteiger partial charge in [0.05, 0.1) is 21.6 Å². The predicted octanol–water partition coefficient (Wildman–Crippen LogP) is 2.69. The first-order valence-electron chi connectivity index (χ1n) is 7.46. The van der Waals surface area contributed by atoms with Crippen LogP contribution in [-0.2, 0) is 20.7 Å². The van der Waals surface area contributed by atoms with Gasteiger partial charge < -0.3 is 10.1 Å². The van der Waals surface area contributed by atoms with Gasteiger partial charge in [0.15, 0.2) is 6.61 Å². The maximum atomic E-state index is 11.6. The van der Waals surface area contributed by atoms with Gasteiger partial charge in [0.2, 0.25) is 0 Å². The number of aryl methyl sites for hydroxylation is 1. The van der Waals surface area contributed by atoms with Gasteiger partial charge in [-0.25, -0.2) is 4.98 Å². The van der Waals surface area contributed by atoms with Crippen molar-refractivity contribution < 1.29 is 14.3 Å². The van der Waals surface area contributed by atoms with Crippen molar-refractivity contribution in [3.8, 4) is 0 Å². The molecule has 0 atom stereocenters. The van der Waals surface area contributed by atoms with Crippen LogP contribution in [0.15, 0.2) is 24.3 Å². The average Bonchev–Trinajstić information content (AvgIpc) is 2.94. The van der Waals surface area contributed by atoms with E-state index >= 15 is 0 Å². The minimum absolute atomic E-state index is 0.206. The number of aromatic nitrogens is 1. The number of hydrogen-bond acceptors (Lipinski definition) is 5. The van der Waals surface area contributed by atoms with Gasteiger partial charge in [0, 0.05) is 13.0 Å². The summed E-state index contributed by atoms with van der Waals surface area (Å²) in [6.45, 7) is 2.47. The molecule has 1 N–H and O–H groups in total. The van der Waals surface area contributed by atoms with Crippen LogP contribution in [0.1, 0.15) is 31.2 Å². The molecule has 5 nitrogen and oxygen atoms in total. The van der Waals surface area contributed by atoms with E-state index < -0.39 is 0 Å². The fourth-order valence-electron chi connectivity index (χ4n) is 1.91. The summed E-state index contributed by atoms with van der Waals surface area (Å²) < 4.78 is 6.07. The molecule has 6 heteroatoms. The van der Waals surface area contributed by atoms with Crippen molar-refractivity contribution in [2.75, 3.05) is 13.2 Å². The lowest BCUT2D eigenvalue weighted by atomic mass is 10.3. The molecule has 0 saturated heterocycles. The van der Waals surface area contributed by atoms with Crippen LogP contribution < -0.4 is 5.32 Å². The lowest BCUT2D eigenvalue weighted by Crippen LogP contribution is -2.29. The van der Waals surface area contributed by atoms with E-state index in [0.29, 0.717) is 13.0 Å². The number of nitrogens with zero attached hydrogens (tertiary/aromatic N) is 1. The minimum Gasteiger partial charge on any atom is -0.456 e. The van der Waals surface area contributed by atoms with Crippen LogP contribution in [0.25, 0.3) is 10.2 Å². The fraction of sp³-hybridized carbons (Fsp3) is 0.438. The molecule has 0 radical (unpaired) electrons. The molecule has 22 heavy (non-hydrogen) atoms. The monoisotopic (exact) mass is 320 g/mol. The number of esters is 1. The molecule has 118 valence electrons. The van der Waals surface area contributed by atoms with E-state index in [4.69, 9.17) is 4.74 Å². The molecule has 0 spiro atoms.